The Morgan fingerprint density at radius 1 is 1.25 bits per heavy atom. The van der Waals surface area contributed by atoms with Crippen LogP contribution in [0.2, 0.25) is 0 Å². The van der Waals surface area contributed by atoms with E-state index >= 15 is 0 Å². The van der Waals surface area contributed by atoms with Gasteiger partial charge in [-0.3, -0.25) is 4.79 Å². The average Bonchev–Trinajstić information content (AvgIpc) is 2.92. The maximum Gasteiger partial charge on any atom is 0.248 e. The Hall–Kier alpha value is -2.23. The number of anilines is 1. The van der Waals surface area contributed by atoms with Crippen LogP contribution in [0.5, 0.6) is 0 Å². The third-order valence-corrected chi connectivity index (χ3v) is 7.65. The van der Waals surface area contributed by atoms with Gasteiger partial charge in [0.15, 0.2) is 5.76 Å². The number of aromatic nitrogens is 1. The van der Waals surface area contributed by atoms with Gasteiger partial charge in [-0.25, -0.2) is 8.42 Å². The number of carbonyl (C=O) groups excluding carboxylic acids is 1. The molecule has 0 atom stereocenters. The van der Waals surface area contributed by atoms with Crippen molar-refractivity contribution in [2.45, 2.75) is 18.7 Å². The van der Waals surface area contributed by atoms with Crippen LogP contribution in [0.4, 0.5) is 5.69 Å². The molecule has 1 aliphatic rings. The second-order valence-corrected chi connectivity index (χ2v) is 9.57. The molecular weight excluding hydrogens is 446 g/mol. The van der Waals surface area contributed by atoms with Gasteiger partial charge in [-0.05, 0) is 42.8 Å². The van der Waals surface area contributed by atoms with E-state index in [1.54, 1.807) is 13.8 Å². The first-order valence-corrected chi connectivity index (χ1v) is 10.9. The Kier molecular flexibility index (Phi) is 4.76. The smallest absolute Gasteiger partial charge is 0.248 e. The minimum absolute atomic E-state index is 0.0893. The molecule has 0 bridgehead atoms. The first-order chi connectivity index (χ1) is 13.3. The first-order valence-electron chi connectivity index (χ1n) is 8.69. The summed E-state index contributed by atoms with van der Waals surface area (Å²) in [6.07, 6.45) is 0. The molecule has 1 saturated heterocycles. The number of nitrogens with zero attached hydrogens (tertiary/aromatic N) is 2. The number of amides is 1. The van der Waals surface area contributed by atoms with Gasteiger partial charge in [0.05, 0.1) is 5.92 Å². The molecule has 1 amide bonds. The second-order valence-electron chi connectivity index (χ2n) is 6.84. The number of nitrogens with one attached hydrogen (secondary N) is 1. The predicted molar refractivity (Wildman–Crippen MR) is 109 cm³/mol. The molecule has 2 aromatic carbocycles. The zero-order chi connectivity index (χ0) is 20.1. The van der Waals surface area contributed by atoms with Crippen molar-refractivity contribution in [3.8, 4) is 0 Å². The summed E-state index contributed by atoms with van der Waals surface area (Å²) < 4.78 is 32.6. The van der Waals surface area contributed by atoms with Crippen molar-refractivity contribution in [2.75, 3.05) is 18.4 Å². The van der Waals surface area contributed by atoms with Crippen LogP contribution in [-0.2, 0) is 14.8 Å². The fourth-order valence-corrected chi connectivity index (χ4v) is 5.67. The molecule has 0 saturated carbocycles. The lowest BCUT2D eigenvalue weighted by atomic mass is 10.0. The highest BCUT2D eigenvalue weighted by atomic mass is 79.9. The summed E-state index contributed by atoms with van der Waals surface area (Å²) in [4.78, 5) is 12.6. The number of aryl methyl sites for hydroxylation is 2. The summed E-state index contributed by atoms with van der Waals surface area (Å²) in [7, 11) is -3.70. The molecule has 0 unspecified atom stereocenters. The highest BCUT2D eigenvalue weighted by Gasteiger charge is 2.42. The Balaban J connectivity index is 1.44. The predicted octanol–water partition coefficient (Wildman–Crippen LogP) is 3.47. The molecule has 146 valence electrons. The molecule has 0 spiro atoms. The molecule has 1 aliphatic heterocycles. The van der Waals surface area contributed by atoms with E-state index in [2.05, 4.69) is 26.4 Å². The van der Waals surface area contributed by atoms with Gasteiger partial charge in [0.25, 0.3) is 0 Å². The van der Waals surface area contributed by atoms with E-state index < -0.39 is 15.9 Å². The van der Waals surface area contributed by atoms with Crippen LogP contribution < -0.4 is 5.32 Å². The van der Waals surface area contributed by atoms with E-state index in [0.29, 0.717) is 11.4 Å². The Morgan fingerprint density at radius 2 is 2.00 bits per heavy atom. The molecule has 28 heavy (non-hydrogen) atoms. The lowest BCUT2D eigenvalue weighted by Crippen LogP contribution is -2.54. The fraction of sp³-hybridized carbons (Fsp3) is 0.263. The fourth-order valence-electron chi connectivity index (χ4n) is 3.34. The van der Waals surface area contributed by atoms with Crippen molar-refractivity contribution in [2.24, 2.45) is 5.92 Å². The maximum absolute atomic E-state index is 12.7. The normalized spacial score (nSPS) is 15.5. The van der Waals surface area contributed by atoms with Crippen LogP contribution in [0, 0.1) is 19.8 Å². The molecule has 3 aromatic rings. The summed E-state index contributed by atoms with van der Waals surface area (Å²) in [5.41, 5.74) is 1.01. The Labute approximate surface area is 170 Å². The third-order valence-electron chi connectivity index (χ3n) is 4.88. The lowest BCUT2D eigenvalue weighted by Gasteiger charge is -2.36. The molecule has 7 nitrogen and oxygen atoms in total. The lowest BCUT2D eigenvalue weighted by molar-refractivity contribution is -0.122. The van der Waals surface area contributed by atoms with E-state index in [9.17, 15) is 13.2 Å². The van der Waals surface area contributed by atoms with Gasteiger partial charge in [0.2, 0.25) is 15.9 Å². The third kappa shape index (κ3) is 3.23. The van der Waals surface area contributed by atoms with Crippen LogP contribution in [0.15, 0.2) is 50.3 Å². The van der Waals surface area contributed by atoms with E-state index in [4.69, 9.17) is 4.52 Å². The van der Waals surface area contributed by atoms with E-state index in [1.165, 1.54) is 4.31 Å². The molecule has 4 rings (SSSR count). The largest absolute Gasteiger partial charge is 0.360 e. The molecule has 2 heterocycles. The number of rotatable bonds is 4. The van der Waals surface area contributed by atoms with Crippen LogP contribution in [0.25, 0.3) is 10.8 Å². The number of benzene rings is 2. The van der Waals surface area contributed by atoms with Crippen molar-refractivity contribution >= 4 is 48.3 Å². The van der Waals surface area contributed by atoms with Crippen molar-refractivity contribution in [3.63, 3.8) is 0 Å². The topological polar surface area (TPSA) is 92.5 Å². The van der Waals surface area contributed by atoms with Crippen molar-refractivity contribution in [1.82, 2.24) is 9.46 Å². The Morgan fingerprint density at radius 3 is 2.68 bits per heavy atom. The van der Waals surface area contributed by atoms with Gasteiger partial charge < -0.3 is 9.84 Å². The van der Waals surface area contributed by atoms with Gasteiger partial charge in [0.1, 0.15) is 10.6 Å². The van der Waals surface area contributed by atoms with E-state index in [-0.39, 0.29) is 29.7 Å². The zero-order valence-corrected chi connectivity index (χ0v) is 17.7. The maximum atomic E-state index is 12.7. The summed E-state index contributed by atoms with van der Waals surface area (Å²) >= 11 is 3.51. The standard InChI is InChI=1S/C19H18BrN3O4S/c1-11-18(12(2)27-22-11)28(25,26)23-9-14(10-23)19(24)21-15-6-7-16-13(8-15)4-3-5-17(16)20/h3-8,14H,9-10H2,1-2H3,(H,21,24). The number of carbonyl (C=O) groups is 1. The van der Waals surface area contributed by atoms with Crippen LogP contribution in [-0.4, -0.2) is 36.9 Å². The van der Waals surface area contributed by atoms with E-state index in [0.717, 1.165) is 15.2 Å². The summed E-state index contributed by atoms with van der Waals surface area (Å²) in [5.74, 6) is -0.333. The molecule has 1 aromatic heterocycles. The minimum atomic E-state index is -3.70. The summed E-state index contributed by atoms with van der Waals surface area (Å²) in [6, 6.07) is 11.5. The highest BCUT2D eigenvalue weighted by molar-refractivity contribution is 9.10. The molecule has 0 aliphatic carbocycles. The van der Waals surface area contributed by atoms with Gasteiger partial charge in [-0.15, -0.1) is 0 Å². The second kappa shape index (κ2) is 6.98. The number of fused-ring (bicyclic) bond motifs is 1. The summed E-state index contributed by atoms with van der Waals surface area (Å²) in [5, 5.41) is 8.64. The van der Waals surface area contributed by atoms with Crippen molar-refractivity contribution in [1.29, 1.82) is 0 Å². The molecule has 1 N–H and O–H groups in total. The van der Waals surface area contributed by atoms with Crippen LogP contribution in [0.1, 0.15) is 11.5 Å². The Bertz CT molecular complexity index is 1160. The van der Waals surface area contributed by atoms with Crippen molar-refractivity contribution in [3.05, 3.63) is 52.3 Å². The number of halogens is 1. The summed E-state index contributed by atoms with van der Waals surface area (Å²) in [6.45, 7) is 3.43. The number of sulfonamides is 1. The average molecular weight is 464 g/mol. The number of hydrogen-bond acceptors (Lipinski definition) is 5. The SMILES string of the molecule is Cc1noc(C)c1S(=O)(=O)N1CC(C(=O)Nc2ccc3c(Br)cccc3c2)C1. The van der Waals surface area contributed by atoms with Gasteiger partial charge in [-0.2, -0.15) is 4.31 Å². The molecule has 0 radical (unpaired) electrons. The number of hydrogen-bond donors (Lipinski definition) is 1. The van der Waals surface area contributed by atoms with Crippen molar-refractivity contribution < 1.29 is 17.7 Å². The van der Waals surface area contributed by atoms with Crippen LogP contribution >= 0.6 is 15.9 Å². The molecule has 1 fully saturated rings. The first kappa shape index (κ1) is 19.1. The molecule has 9 heteroatoms. The quantitative estimate of drug-likeness (QED) is 0.639. The highest BCUT2D eigenvalue weighted by Crippen LogP contribution is 2.30. The van der Waals surface area contributed by atoms with E-state index in [1.807, 2.05) is 36.4 Å². The van der Waals surface area contributed by atoms with Crippen LogP contribution in [0.3, 0.4) is 0 Å². The monoisotopic (exact) mass is 463 g/mol. The molecular formula is C19H18BrN3O4S. The van der Waals surface area contributed by atoms with Gasteiger partial charge in [-0.1, -0.05) is 39.3 Å². The van der Waals surface area contributed by atoms with Gasteiger partial charge >= 0.3 is 0 Å². The van der Waals surface area contributed by atoms with Gasteiger partial charge in [0, 0.05) is 23.2 Å². The zero-order valence-electron chi connectivity index (χ0n) is 15.3. The minimum Gasteiger partial charge on any atom is -0.360 e.